The highest BCUT2D eigenvalue weighted by molar-refractivity contribution is 7.89. The lowest BCUT2D eigenvalue weighted by atomic mass is 10.0. The first-order valence-electron chi connectivity index (χ1n) is 10.6. The van der Waals surface area contributed by atoms with Gasteiger partial charge in [0, 0.05) is 24.7 Å². The zero-order chi connectivity index (χ0) is 22.1. The monoisotopic (exact) mass is 431 g/mol. The topological polar surface area (TPSA) is 92.5 Å². The lowest BCUT2D eigenvalue weighted by Gasteiger charge is -2.30. The summed E-state index contributed by atoms with van der Waals surface area (Å²) in [5.74, 6) is 0.0257. The van der Waals surface area contributed by atoms with Crippen LogP contribution in [0.15, 0.2) is 53.4 Å². The maximum Gasteiger partial charge on any atom is 0.254 e. The van der Waals surface area contributed by atoms with Crippen molar-refractivity contribution >= 4 is 15.9 Å². The summed E-state index contributed by atoms with van der Waals surface area (Å²) in [6.45, 7) is 8.70. The molecule has 6 nitrogen and oxygen atoms in total. The average molecular weight is 432 g/mol. The van der Waals surface area contributed by atoms with Crippen LogP contribution in [-0.2, 0) is 10.0 Å². The van der Waals surface area contributed by atoms with E-state index in [4.69, 9.17) is 5.14 Å². The summed E-state index contributed by atoms with van der Waals surface area (Å²) in [4.78, 5) is 15.1. The van der Waals surface area contributed by atoms with Crippen LogP contribution in [0.1, 0.15) is 50.4 Å². The van der Waals surface area contributed by atoms with Gasteiger partial charge in [-0.1, -0.05) is 44.5 Å². The molecule has 0 aliphatic carbocycles. The second-order valence-electron chi connectivity index (χ2n) is 7.36. The van der Waals surface area contributed by atoms with Crippen LogP contribution in [0.2, 0.25) is 0 Å². The SMILES string of the molecule is CCCCNCC(CC)N(CC)C(=O)c1ccc(-c2ccc(S(N)(=O)=O)cc2)cc1. The first-order chi connectivity index (χ1) is 14.3. The zero-order valence-corrected chi connectivity index (χ0v) is 18.9. The highest BCUT2D eigenvalue weighted by Crippen LogP contribution is 2.22. The number of sulfonamides is 1. The van der Waals surface area contributed by atoms with Crippen LogP contribution < -0.4 is 10.5 Å². The number of likely N-dealkylation sites (N-methyl/N-ethyl adjacent to an activating group) is 1. The van der Waals surface area contributed by atoms with Crippen molar-refractivity contribution in [2.24, 2.45) is 5.14 Å². The number of benzene rings is 2. The number of nitrogens with zero attached hydrogens (tertiary/aromatic N) is 1. The van der Waals surface area contributed by atoms with E-state index in [1.54, 1.807) is 12.1 Å². The Hall–Kier alpha value is -2.22. The first kappa shape index (κ1) is 24.1. The third-order valence-electron chi connectivity index (χ3n) is 5.25. The Balaban J connectivity index is 2.12. The van der Waals surface area contributed by atoms with Gasteiger partial charge >= 0.3 is 0 Å². The second kappa shape index (κ2) is 11.2. The number of nitrogens with one attached hydrogen (secondary N) is 1. The van der Waals surface area contributed by atoms with Crippen LogP contribution in [0.3, 0.4) is 0 Å². The van der Waals surface area contributed by atoms with E-state index >= 15 is 0 Å². The molecule has 1 amide bonds. The Kier molecular flexibility index (Phi) is 9.02. The van der Waals surface area contributed by atoms with Gasteiger partial charge in [-0.25, -0.2) is 13.6 Å². The molecule has 0 aliphatic heterocycles. The molecule has 0 saturated heterocycles. The number of amides is 1. The van der Waals surface area contributed by atoms with Crippen molar-refractivity contribution in [2.75, 3.05) is 19.6 Å². The Morgan fingerprint density at radius 1 is 1.00 bits per heavy atom. The summed E-state index contributed by atoms with van der Waals surface area (Å²) in [7, 11) is -3.71. The number of nitrogens with two attached hydrogens (primary N) is 1. The largest absolute Gasteiger partial charge is 0.335 e. The van der Waals surface area contributed by atoms with Crippen LogP contribution in [0.25, 0.3) is 11.1 Å². The Bertz CT molecular complexity index is 910. The smallest absolute Gasteiger partial charge is 0.254 e. The quantitative estimate of drug-likeness (QED) is 0.531. The minimum Gasteiger partial charge on any atom is -0.335 e. The third kappa shape index (κ3) is 6.39. The van der Waals surface area contributed by atoms with Crippen molar-refractivity contribution in [1.82, 2.24) is 10.2 Å². The molecule has 2 rings (SSSR count). The van der Waals surface area contributed by atoms with Crippen LogP contribution in [0, 0.1) is 0 Å². The summed E-state index contributed by atoms with van der Waals surface area (Å²) < 4.78 is 22.8. The van der Waals surface area contributed by atoms with E-state index in [0.29, 0.717) is 12.1 Å². The van der Waals surface area contributed by atoms with Gasteiger partial charge in [0.1, 0.15) is 0 Å². The van der Waals surface area contributed by atoms with Crippen molar-refractivity contribution < 1.29 is 13.2 Å². The normalized spacial score (nSPS) is 12.5. The van der Waals surface area contributed by atoms with Crippen LogP contribution in [0.5, 0.6) is 0 Å². The highest BCUT2D eigenvalue weighted by atomic mass is 32.2. The minimum absolute atomic E-state index is 0.0257. The zero-order valence-electron chi connectivity index (χ0n) is 18.1. The number of carbonyl (C=O) groups is 1. The van der Waals surface area contributed by atoms with E-state index in [9.17, 15) is 13.2 Å². The van der Waals surface area contributed by atoms with Crippen molar-refractivity contribution in [3.8, 4) is 11.1 Å². The number of unbranched alkanes of at least 4 members (excludes halogenated alkanes) is 1. The molecular weight excluding hydrogens is 398 g/mol. The van der Waals surface area contributed by atoms with Crippen molar-refractivity contribution in [2.45, 2.75) is 51.0 Å². The second-order valence-corrected chi connectivity index (χ2v) is 8.92. The molecule has 7 heteroatoms. The molecule has 1 atom stereocenters. The highest BCUT2D eigenvalue weighted by Gasteiger charge is 2.22. The van der Waals surface area contributed by atoms with Crippen LogP contribution in [0.4, 0.5) is 0 Å². The first-order valence-corrected chi connectivity index (χ1v) is 12.1. The molecule has 2 aromatic rings. The van der Waals surface area contributed by atoms with E-state index in [2.05, 4.69) is 19.2 Å². The van der Waals surface area contributed by atoms with E-state index in [1.165, 1.54) is 12.1 Å². The molecule has 30 heavy (non-hydrogen) atoms. The predicted molar refractivity (Wildman–Crippen MR) is 122 cm³/mol. The van der Waals surface area contributed by atoms with Gasteiger partial charge in [-0.15, -0.1) is 0 Å². The van der Waals surface area contributed by atoms with Gasteiger partial charge in [0.2, 0.25) is 10.0 Å². The summed E-state index contributed by atoms with van der Waals surface area (Å²) in [6.07, 6.45) is 3.18. The summed E-state index contributed by atoms with van der Waals surface area (Å²) >= 11 is 0. The number of hydrogen-bond donors (Lipinski definition) is 2. The molecule has 1 unspecified atom stereocenters. The maximum atomic E-state index is 13.1. The lowest BCUT2D eigenvalue weighted by Crippen LogP contribution is -2.45. The van der Waals surface area contributed by atoms with Gasteiger partial charge in [-0.05, 0) is 61.7 Å². The molecule has 0 aliphatic rings. The maximum absolute atomic E-state index is 13.1. The van der Waals surface area contributed by atoms with Gasteiger partial charge < -0.3 is 10.2 Å². The Labute approximate surface area is 180 Å². The molecule has 164 valence electrons. The fourth-order valence-corrected chi connectivity index (χ4v) is 3.94. The molecular formula is C23H33N3O3S. The molecule has 0 radical (unpaired) electrons. The van der Waals surface area contributed by atoms with E-state index in [-0.39, 0.29) is 16.8 Å². The van der Waals surface area contributed by atoms with E-state index in [0.717, 1.165) is 43.5 Å². The Morgan fingerprint density at radius 3 is 2.03 bits per heavy atom. The van der Waals surface area contributed by atoms with E-state index in [1.807, 2.05) is 36.1 Å². The minimum atomic E-state index is -3.71. The number of primary sulfonamides is 1. The molecule has 0 heterocycles. The van der Waals surface area contributed by atoms with Gasteiger partial charge in [0.15, 0.2) is 0 Å². The number of hydrogen-bond acceptors (Lipinski definition) is 4. The number of carbonyl (C=O) groups excluding carboxylic acids is 1. The number of rotatable bonds is 11. The summed E-state index contributed by atoms with van der Waals surface area (Å²) in [6, 6.07) is 14.0. The van der Waals surface area contributed by atoms with Crippen molar-refractivity contribution in [3.05, 3.63) is 54.1 Å². The van der Waals surface area contributed by atoms with Gasteiger partial charge in [0.05, 0.1) is 4.90 Å². The van der Waals surface area contributed by atoms with Gasteiger partial charge in [0.25, 0.3) is 5.91 Å². The van der Waals surface area contributed by atoms with Gasteiger partial charge in [-0.2, -0.15) is 0 Å². The van der Waals surface area contributed by atoms with Crippen LogP contribution in [-0.4, -0.2) is 44.9 Å². The van der Waals surface area contributed by atoms with Crippen LogP contribution >= 0.6 is 0 Å². The molecule has 2 aromatic carbocycles. The molecule has 0 spiro atoms. The summed E-state index contributed by atoms with van der Waals surface area (Å²) in [5.41, 5.74) is 2.41. The fourth-order valence-electron chi connectivity index (χ4n) is 3.42. The van der Waals surface area contributed by atoms with Crippen molar-refractivity contribution in [3.63, 3.8) is 0 Å². The average Bonchev–Trinajstić information content (AvgIpc) is 2.75. The predicted octanol–water partition coefficient (Wildman–Crippen LogP) is 3.63. The molecule has 0 saturated carbocycles. The van der Waals surface area contributed by atoms with Crippen molar-refractivity contribution in [1.29, 1.82) is 0 Å². The molecule has 0 fully saturated rings. The lowest BCUT2D eigenvalue weighted by molar-refractivity contribution is 0.0683. The molecule has 3 N–H and O–H groups in total. The summed E-state index contributed by atoms with van der Waals surface area (Å²) in [5, 5.41) is 8.61. The van der Waals surface area contributed by atoms with Gasteiger partial charge in [-0.3, -0.25) is 4.79 Å². The van der Waals surface area contributed by atoms with E-state index < -0.39 is 10.0 Å². The third-order valence-corrected chi connectivity index (χ3v) is 6.18. The molecule has 0 aromatic heterocycles. The Morgan fingerprint density at radius 2 is 1.57 bits per heavy atom. The fraction of sp³-hybridized carbons (Fsp3) is 0.435. The molecule has 0 bridgehead atoms. The standard InChI is InChI=1S/C23H33N3O3S/c1-4-7-16-25-17-21(5-2)26(6-3)23(27)20-10-8-18(9-11-20)19-12-14-22(15-13-19)30(24,28)29/h8-15,21,25H,4-7,16-17H2,1-3H3,(H2,24,28,29).